The second-order valence-corrected chi connectivity index (χ2v) is 4.90. The normalized spacial score (nSPS) is 11.8. The Labute approximate surface area is 121 Å². The first-order valence-electron chi connectivity index (χ1n) is 7.25. The fourth-order valence-electron chi connectivity index (χ4n) is 1.96. The number of carbonyl (C=O) groups excluding carboxylic acids is 2. The van der Waals surface area contributed by atoms with Crippen LogP contribution in [-0.4, -0.2) is 17.9 Å². The quantitative estimate of drug-likeness (QED) is 0.812. The van der Waals surface area contributed by atoms with Crippen molar-refractivity contribution < 1.29 is 9.59 Å². The van der Waals surface area contributed by atoms with E-state index in [9.17, 15) is 9.59 Å². The predicted molar refractivity (Wildman–Crippen MR) is 81.7 cm³/mol. The Balaban J connectivity index is 2.87. The second-order valence-electron chi connectivity index (χ2n) is 4.90. The lowest BCUT2D eigenvalue weighted by atomic mass is 10.0. The highest BCUT2D eigenvalue weighted by molar-refractivity contribution is 6.39. The molecular formula is C16H24N2O2. The molecule has 0 radical (unpaired) electrons. The number of para-hydroxylation sites is 1. The van der Waals surface area contributed by atoms with E-state index in [2.05, 4.69) is 10.6 Å². The maximum absolute atomic E-state index is 12.0. The van der Waals surface area contributed by atoms with Crippen molar-refractivity contribution in [1.29, 1.82) is 0 Å². The van der Waals surface area contributed by atoms with Gasteiger partial charge >= 0.3 is 11.8 Å². The van der Waals surface area contributed by atoms with Crippen LogP contribution in [0.3, 0.4) is 0 Å². The standard InChI is InChI=1S/C16H24N2O2/c1-5-11(4)17-15(19)16(20)18-14-12(6-2)9-8-10-13(14)7-3/h8-11H,5-7H2,1-4H3,(H,17,19)(H,18,20). The number of hydrogen-bond acceptors (Lipinski definition) is 2. The van der Waals surface area contributed by atoms with Gasteiger partial charge in [0.25, 0.3) is 0 Å². The predicted octanol–water partition coefficient (Wildman–Crippen LogP) is 2.66. The highest BCUT2D eigenvalue weighted by Gasteiger charge is 2.17. The van der Waals surface area contributed by atoms with Crippen LogP contribution >= 0.6 is 0 Å². The van der Waals surface area contributed by atoms with Gasteiger partial charge in [0.2, 0.25) is 0 Å². The molecule has 1 rings (SSSR count). The van der Waals surface area contributed by atoms with Gasteiger partial charge in [-0.2, -0.15) is 0 Å². The zero-order chi connectivity index (χ0) is 15.1. The Hall–Kier alpha value is -1.84. The smallest absolute Gasteiger partial charge is 0.313 e. The third-order valence-electron chi connectivity index (χ3n) is 3.43. The van der Waals surface area contributed by atoms with Crippen LogP contribution in [0.15, 0.2) is 18.2 Å². The minimum Gasteiger partial charge on any atom is -0.345 e. The highest BCUT2D eigenvalue weighted by atomic mass is 16.2. The molecule has 0 spiro atoms. The van der Waals surface area contributed by atoms with Crippen molar-refractivity contribution >= 4 is 17.5 Å². The van der Waals surface area contributed by atoms with Crippen LogP contribution in [0.5, 0.6) is 0 Å². The first kappa shape index (κ1) is 16.2. The summed E-state index contributed by atoms with van der Waals surface area (Å²) in [5.41, 5.74) is 2.88. The molecule has 1 aromatic carbocycles. The molecule has 2 amide bonds. The van der Waals surface area contributed by atoms with Crippen LogP contribution in [0.1, 0.15) is 45.2 Å². The van der Waals surface area contributed by atoms with Crippen molar-refractivity contribution in [3.05, 3.63) is 29.3 Å². The highest BCUT2D eigenvalue weighted by Crippen LogP contribution is 2.22. The lowest BCUT2D eigenvalue weighted by molar-refractivity contribution is -0.136. The van der Waals surface area contributed by atoms with Gasteiger partial charge in [0.05, 0.1) is 0 Å². The van der Waals surface area contributed by atoms with Crippen LogP contribution < -0.4 is 10.6 Å². The molecule has 0 fully saturated rings. The Morgan fingerprint density at radius 1 is 1.05 bits per heavy atom. The summed E-state index contributed by atoms with van der Waals surface area (Å²) < 4.78 is 0. The molecule has 1 atom stereocenters. The fraction of sp³-hybridized carbons (Fsp3) is 0.500. The molecular weight excluding hydrogens is 252 g/mol. The number of nitrogens with one attached hydrogen (secondary N) is 2. The summed E-state index contributed by atoms with van der Waals surface area (Å²) >= 11 is 0. The largest absolute Gasteiger partial charge is 0.345 e. The number of benzene rings is 1. The Morgan fingerprint density at radius 3 is 2.05 bits per heavy atom. The number of anilines is 1. The average molecular weight is 276 g/mol. The van der Waals surface area contributed by atoms with Gasteiger partial charge in [-0.1, -0.05) is 39.0 Å². The van der Waals surface area contributed by atoms with Crippen LogP contribution in [0.4, 0.5) is 5.69 Å². The summed E-state index contributed by atoms with van der Waals surface area (Å²) in [4.78, 5) is 23.8. The zero-order valence-corrected chi connectivity index (χ0v) is 12.7. The van der Waals surface area contributed by atoms with Gasteiger partial charge in [-0.15, -0.1) is 0 Å². The van der Waals surface area contributed by atoms with Crippen molar-refractivity contribution in [3.63, 3.8) is 0 Å². The average Bonchev–Trinajstić information content (AvgIpc) is 2.46. The summed E-state index contributed by atoms with van der Waals surface area (Å²) in [6.07, 6.45) is 2.43. The summed E-state index contributed by atoms with van der Waals surface area (Å²) in [7, 11) is 0. The number of aryl methyl sites for hydroxylation is 2. The second kappa shape index (κ2) is 7.68. The van der Waals surface area contributed by atoms with Gasteiger partial charge in [-0.05, 0) is 37.3 Å². The van der Waals surface area contributed by atoms with Crippen molar-refractivity contribution in [2.45, 2.75) is 53.0 Å². The number of hydrogen-bond donors (Lipinski definition) is 2. The van der Waals surface area contributed by atoms with Gasteiger partial charge < -0.3 is 10.6 Å². The lowest BCUT2D eigenvalue weighted by Gasteiger charge is -2.15. The van der Waals surface area contributed by atoms with E-state index in [1.54, 1.807) is 0 Å². The van der Waals surface area contributed by atoms with Gasteiger partial charge in [0.15, 0.2) is 0 Å². The molecule has 0 saturated carbocycles. The number of rotatable bonds is 5. The van der Waals surface area contributed by atoms with Crippen molar-refractivity contribution in [2.75, 3.05) is 5.32 Å². The SMILES string of the molecule is CCc1cccc(CC)c1NC(=O)C(=O)NC(C)CC. The molecule has 0 bridgehead atoms. The van der Waals surface area contributed by atoms with Gasteiger partial charge in [-0.3, -0.25) is 9.59 Å². The zero-order valence-electron chi connectivity index (χ0n) is 12.7. The molecule has 0 aliphatic carbocycles. The van der Waals surface area contributed by atoms with E-state index in [1.165, 1.54) is 0 Å². The molecule has 1 aromatic rings. The molecule has 4 heteroatoms. The molecule has 0 heterocycles. The van der Waals surface area contributed by atoms with E-state index in [0.717, 1.165) is 36.1 Å². The summed E-state index contributed by atoms with van der Waals surface area (Å²) in [5.74, 6) is -1.17. The summed E-state index contributed by atoms with van der Waals surface area (Å²) in [5, 5.41) is 5.43. The molecule has 0 aliphatic rings. The van der Waals surface area contributed by atoms with Crippen molar-refractivity contribution in [3.8, 4) is 0 Å². The number of amides is 2. The first-order chi connectivity index (χ1) is 9.53. The maximum Gasteiger partial charge on any atom is 0.313 e. The summed E-state index contributed by atoms with van der Waals surface area (Å²) in [6.45, 7) is 7.90. The van der Waals surface area contributed by atoms with Gasteiger partial charge in [0.1, 0.15) is 0 Å². The Kier molecular flexibility index (Phi) is 6.22. The third-order valence-corrected chi connectivity index (χ3v) is 3.43. The molecule has 0 aromatic heterocycles. The topological polar surface area (TPSA) is 58.2 Å². The van der Waals surface area contributed by atoms with E-state index in [-0.39, 0.29) is 6.04 Å². The van der Waals surface area contributed by atoms with Crippen molar-refractivity contribution in [1.82, 2.24) is 5.32 Å². The van der Waals surface area contributed by atoms with Crippen LogP contribution in [0.25, 0.3) is 0 Å². The molecule has 0 saturated heterocycles. The molecule has 110 valence electrons. The third kappa shape index (κ3) is 4.08. The van der Waals surface area contributed by atoms with Crippen LogP contribution in [-0.2, 0) is 22.4 Å². The van der Waals surface area contributed by atoms with Crippen LogP contribution in [0.2, 0.25) is 0 Å². The Bertz CT molecular complexity index is 461. The van der Waals surface area contributed by atoms with Crippen LogP contribution in [0, 0.1) is 0 Å². The maximum atomic E-state index is 12.0. The molecule has 1 unspecified atom stereocenters. The molecule has 4 nitrogen and oxygen atoms in total. The van der Waals surface area contributed by atoms with E-state index < -0.39 is 11.8 Å². The minimum absolute atomic E-state index is 0.000291. The van der Waals surface area contributed by atoms with E-state index in [1.807, 2.05) is 45.9 Å². The van der Waals surface area contributed by atoms with E-state index in [0.29, 0.717) is 0 Å². The molecule has 2 N–H and O–H groups in total. The van der Waals surface area contributed by atoms with Gasteiger partial charge in [-0.25, -0.2) is 0 Å². The first-order valence-corrected chi connectivity index (χ1v) is 7.25. The van der Waals surface area contributed by atoms with E-state index in [4.69, 9.17) is 0 Å². The van der Waals surface area contributed by atoms with E-state index >= 15 is 0 Å². The monoisotopic (exact) mass is 276 g/mol. The fourth-order valence-corrected chi connectivity index (χ4v) is 1.96. The Morgan fingerprint density at radius 2 is 1.60 bits per heavy atom. The molecule has 0 aliphatic heterocycles. The lowest BCUT2D eigenvalue weighted by Crippen LogP contribution is -2.40. The number of carbonyl (C=O) groups is 2. The molecule has 20 heavy (non-hydrogen) atoms. The van der Waals surface area contributed by atoms with Gasteiger partial charge in [0, 0.05) is 11.7 Å². The summed E-state index contributed by atoms with van der Waals surface area (Å²) in [6, 6.07) is 5.93. The van der Waals surface area contributed by atoms with Crippen molar-refractivity contribution in [2.24, 2.45) is 0 Å². The minimum atomic E-state index is -0.596.